The Kier molecular flexibility index (Phi) is 7.73. The van der Waals surface area contributed by atoms with Gasteiger partial charge in [0.15, 0.2) is 0 Å². The van der Waals surface area contributed by atoms with Crippen LogP contribution in [0.15, 0.2) is 42.5 Å². The van der Waals surface area contributed by atoms with Gasteiger partial charge in [-0.1, -0.05) is 12.1 Å². The molecule has 9 heteroatoms. The van der Waals surface area contributed by atoms with Crippen molar-refractivity contribution < 1.29 is 27.1 Å². The predicted octanol–water partition coefficient (Wildman–Crippen LogP) is 3.26. The molecule has 0 unspecified atom stereocenters. The molecule has 0 bridgehead atoms. The SMILES string of the molecule is COc1ccc(OC)c([C@H](C)NC(=O)C2CCN(S(=O)(=O)Cc3ccc(F)cc3)CC2)c1. The molecule has 0 spiro atoms. The van der Waals surface area contributed by atoms with Crippen LogP contribution in [0.3, 0.4) is 0 Å². The molecule has 7 nitrogen and oxygen atoms in total. The number of nitrogens with zero attached hydrogens (tertiary/aromatic N) is 1. The first-order valence-corrected chi connectivity index (χ1v) is 12.1. The van der Waals surface area contributed by atoms with E-state index in [0.29, 0.717) is 29.9 Å². The summed E-state index contributed by atoms with van der Waals surface area (Å²) in [5.74, 6) is 0.349. The maximum Gasteiger partial charge on any atom is 0.223 e. The smallest absolute Gasteiger partial charge is 0.223 e. The van der Waals surface area contributed by atoms with Gasteiger partial charge in [0.2, 0.25) is 15.9 Å². The summed E-state index contributed by atoms with van der Waals surface area (Å²) in [6.45, 7) is 2.43. The number of amides is 1. The Balaban J connectivity index is 1.58. The van der Waals surface area contributed by atoms with Crippen LogP contribution < -0.4 is 14.8 Å². The van der Waals surface area contributed by atoms with Crippen molar-refractivity contribution in [2.75, 3.05) is 27.3 Å². The number of rotatable bonds is 8. The zero-order valence-electron chi connectivity index (χ0n) is 18.5. The lowest BCUT2D eigenvalue weighted by Crippen LogP contribution is -2.43. The summed E-state index contributed by atoms with van der Waals surface area (Å²) in [5, 5.41) is 3.01. The maximum atomic E-state index is 13.1. The number of hydrogen-bond donors (Lipinski definition) is 1. The fourth-order valence-corrected chi connectivity index (χ4v) is 5.43. The van der Waals surface area contributed by atoms with Crippen molar-refractivity contribution in [1.29, 1.82) is 0 Å². The van der Waals surface area contributed by atoms with Gasteiger partial charge in [-0.3, -0.25) is 4.79 Å². The first kappa shape index (κ1) is 24.0. The van der Waals surface area contributed by atoms with Crippen LogP contribution in [0.2, 0.25) is 0 Å². The average molecular weight is 465 g/mol. The lowest BCUT2D eigenvalue weighted by Gasteiger charge is -2.31. The van der Waals surface area contributed by atoms with Crippen LogP contribution in [-0.4, -0.2) is 45.9 Å². The zero-order valence-corrected chi connectivity index (χ0v) is 19.3. The molecule has 0 aliphatic carbocycles. The van der Waals surface area contributed by atoms with E-state index < -0.39 is 15.8 Å². The fraction of sp³-hybridized carbons (Fsp3) is 0.435. The van der Waals surface area contributed by atoms with Gasteiger partial charge in [0, 0.05) is 24.6 Å². The molecule has 0 aromatic heterocycles. The van der Waals surface area contributed by atoms with Gasteiger partial charge in [0.25, 0.3) is 0 Å². The molecule has 32 heavy (non-hydrogen) atoms. The predicted molar refractivity (Wildman–Crippen MR) is 119 cm³/mol. The number of sulfonamides is 1. The molecule has 2 aromatic carbocycles. The number of carbonyl (C=O) groups excluding carboxylic acids is 1. The van der Waals surface area contributed by atoms with Gasteiger partial charge in [-0.15, -0.1) is 0 Å². The summed E-state index contributed by atoms with van der Waals surface area (Å²) in [7, 11) is -0.385. The van der Waals surface area contributed by atoms with Crippen molar-refractivity contribution in [3.05, 3.63) is 59.4 Å². The third-order valence-corrected chi connectivity index (χ3v) is 7.59. The van der Waals surface area contributed by atoms with E-state index in [2.05, 4.69) is 5.32 Å². The van der Waals surface area contributed by atoms with Crippen LogP contribution in [0, 0.1) is 11.7 Å². The van der Waals surface area contributed by atoms with Crippen molar-refractivity contribution in [3.8, 4) is 11.5 Å². The van der Waals surface area contributed by atoms with Gasteiger partial charge in [-0.05, 0) is 55.7 Å². The molecule has 0 radical (unpaired) electrons. The fourth-order valence-electron chi connectivity index (χ4n) is 3.87. The second kappa shape index (κ2) is 10.3. The molecule has 1 aliphatic heterocycles. The first-order valence-electron chi connectivity index (χ1n) is 10.5. The zero-order chi connectivity index (χ0) is 23.3. The molecule has 1 N–H and O–H groups in total. The molecule has 1 atom stereocenters. The van der Waals surface area contributed by atoms with Gasteiger partial charge < -0.3 is 14.8 Å². The molecule has 1 amide bonds. The van der Waals surface area contributed by atoms with E-state index >= 15 is 0 Å². The number of hydrogen-bond acceptors (Lipinski definition) is 5. The number of piperidine rings is 1. The van der Waals surface area contributed by atoms with Crippen molar-refractivity contribution in [1.82, 2.24) is 9.62 Å². The highest BCUT2D eigenvalue weighted by Gasteiger charge is 2.32. The highest BCUT2D eigenvalue weighted by atomic mass is 32.2. The molecular weight excluding hydrogens is 435 g/mol. The Labute approximate surface area is 188 Å². The molecule has 1 heterocycles. The van der Waals surface area contributed by atoms with E-state index in [9.17, 15) is 17.6 Å². The molecule has 0 saturated carbocycles. The standard InChI is InChI=1S/C23H29FN2O5S/c1-16(21-14-20(30-2)8-9-22(21)31-3)25-23(27)18-10-12-26(13-11-18)32(28,29)15-17-4-6-19(24)7-5-17/h4-9,14,16,18H,10-13,15H2,1-3H3,(H,25,27)/t16-/m0/s1. The van der Waals surface area contributed by atoms with E-state index in [0.717, 1.165) is 5.56 Å². The highest BCUT2D eigenvalue weighted by Crippen LogP contribution is 2.30. The summed E-state index contributed by atoms with van der Waals surface area (Å²) in [6, 6.07) is 10.6. The first-order chi connectivity index (χ1) is 15.2. The van der Waals surface area contributed by atoms with Gasteiger partial charge in [-0.2, -0.15) is 0 Å². The molecule has 1 fully saturated rings. The van der Waals surface area contributed by atoms with Crippen molar-refractivity contribution in [3.63, 3.8) is 0 Å². The van der Waals surface area contributed by atoms with Crippen LogP contribution in [0.4, 0.5) is 4.39 Å². The van der Waals surface area contributed by atoms with Gasteiger partial charge >= 0.3 is 0 Å². The van der Waals surface area contributed by atoms with Crippen LogP contribution in [0.5, 0.6) is 11.5 Å². The van der Waals surface area contributed by atoms with Crippen LogP contribution >= 0.6 is 0 Å². The lowest BCUT2D eigenvalue weighted by molar-refractivity contribution is -0.126. The summed E-state index contributed by atoms with van der Waals surface area (Å²) >= 11 is 0. The number of benzene rings is 2. The largest absolute Gasteiger partial charge is 0.497 e. The summed E-state index contributed by atoms with van der Waals surface area (Å²) in [6.07, 6.45) is 0.882. The molecular formula is C23H29FN2O5S. The number of nitrogens with one attached hydrogen (secondary N) is 1. The normalized spacial score (nSPS) is 16.4. The van der Waals surface area contributed by atoms with Crippen molar-refractivity contribution >= 4 is 15.9 Å². The number of ether oxygens (including phenoxy) is 2. The van der Waals surface area contributed by atoms with E-state index in [1.807, 2.05) is 13.0 Å². The van der Waals surface area contributed by atoms with Crippen LogP contribution in [0.25, 0.3) is 0 Å². The maximum absolute atomic E-state index is 13.1. The third-order valence-electron chi connectivity index (χ3n) is 5.74. The Morgan fingerprint density at radius 2 is 1.78 bits per heavy atom. The molecule has 1 aliphatic rings. The molecule has 3 rings (SSSR count). The van der Waals surface area contributed by atoms with Gasteiger partial charge in [0.1, 0.15) is 17.3 Å². The Bertz CT molecular complexity index is 1030. The average Bonchev–Trinajstić information content (AvgIpc) is 2.80. The van der Waals surface area contributed by atoms with Gasteiger partial charge in [0.05, 0.1) is 26.0 Å². The quantitative estimate of drug-likeness (QED) is 0.648. The van der Waals surface area contributed by atoms with Crippen LogP contribution in [-0.2, 0) is 20.6 Å². The van der Waals surface area contributed by atoms with Crippen molar-refractivity contribution in [2.45, 2.75) is 31.6 Å². The van der Waals surface area contributed by atoms with E-state index in [4.69, 9.17) is 9.47 Å². The second-order valence-electron chi connectivity index (χ2n) is 7.89. The van der Waals surface area contributed by atoms with Gasteiger partial charge in [-0.25, -0.2) is 17.1 Å². The summed E-state index contributed by atoms with van der Waals surface area (Å²) in [5.41, 5.74) is 1.34. The number of halogens is 1. The van der Waals surface area contributed by atoms with E-state index in [-0.39, 0.29) is 36.7 Å². The summed E-state index contributed by atoms with van der Waals surface area (Å²) < 4.78 is 50.6. The minimum absolute atomic E-state index is 0.113. The Hall–Kier alpha value is -2.65. The van der Waals surface area contributed by atoms with Crippen molar-refractivity contribution in [2.24, 2.45) is 5.92 Å². The van der Waals surface area contributed by atoms with E-state index in [1.165, 1.54) is 28.6 Å². The monoisotopic (exact) mass is 464 g/mol. The Morgan fingerprint density at radius 1 is 1.12 bits per heavy atom. The molecule has 1 saturated heterocycles. The lowest BCUT2D eigenvalue weighted by atomic mass is 9.96. The minimum Gasteiger partial charge on any atom is -0.497 e. The minimum atomic E-state index is -3.53. The number of methoxy groups -OCH3 is 2. The number of carbonyl (C=O) groups is 1. The summed E-state index contributed by atoms with van der Waals surface area (Å²) in [4.78, 5) is 12.8. The topological polar surface area (TPSA) is 84.9 Å². The third kappa shape index (κ3) is 5.77. The Morgan fingerprint density at radius 3 is 2.38 bits per heavy atom. The second-order valence-corrected chi connectivity index (χ2v) is 9.86. The van der Waals surface area contributed by atoms with E-state index in [1.54, 1.807) is 26.4 Å². The van der Waals surface area contributed by atoms with Crippen LogP contribution in [0.1, 0.15) is 36.9 Å². The molecule has 2 aromatic rings. The highest BCUT2D eigenvalue weighted by molar-refractivity contribution is 7.88. The molecule has 174 valence electrons.